The van der Waals surface area contributed by atoms with E-state index < -0.39 is 0 Å². The van der Waals surface area contributed by atoms with Gasteiger partial charge in [0.2, 0.25) is 0 Å². The van der Waals surface area contributed by atoms with E-state index in [9.17, 15) is 5.26 Å². The molecule has 4 aromatic rings. The lowest BCUT2D eigenvalue weighted by atomic mass is 10.1. The fourth-order valence-corrected chi connectivity index (χ4v) is 3.08. The van der Waals surface area contributed by atoms with E-state index in [-0.39, 0.29) is 0 Å². The smallest absolute Gasteiger partial charge is 0.153 e. The fourth-order valence-electron chi connectivity index (χ4n) is 3.08. The molecular formula is C21H18N6. The number of nitriles is 1. The number of fused-ring (bicyclic) bond motifs is 1. The average molecular weight is 354 g/mol. The number of hydrogen-bond donors (Lipinski definition) is 1. The SMILES string of the molecule is Cc1cc(C)n(-c2ccc(CNc3cc(C#N)nc4ccccc34)cn2)n1. The first kappa shape index (κ1) is 16.7. The van der Waals surface area contributed by atoms with Crippen molar-refractivity contribution in [3.8, 4) is 11.9 Å². The van der Waals surface area contributed by atoms with Crippen LogP contribution in [0.4, 0.5) is 5.69 Å². The number of anilines is 1. The van der Waals surface area contributed by atoms with Crippen LogP contribution in [0, 0.1) is 25.2 Å². The van der Waals surface area contributed by atoms with Crippen LogP contribution < -0.4 is 5.32 Å². The summed E-state index contributed by atoms with van der Waals surface area (Å²) >= 11 is 0. The van der Waals surface area contributed by atoms with Crippen molar-refractivity contribution in [2.24, 2.45) is 0 Å². The molecule has 0 unspecified atom stereocenters. The minimum atomic E-state index is 0.397. The molecule has 27 heavy (non-hydrogen) atoms. The van der Waals surface area contributed by atoms with Crippen molar-refractivity contribution < 1.29 is 0 Å². The molecule has 6 nitrogen and oxygen atoms in total. The Morgan fingerprint density at radius 3 is 2.67 bits per heavy atom. The maximum absolute atomic E-state index is 9.21. The highest BCUT2D eigenvalue weighted by atomic mass is 15.3. The first-order valence-corrected chi connectivity index (χ1v) is 8.66. The Morgan fingerprint density at radius 2 is 1.96 bits per heavy atom. The molecule has 0 aliphatic heterocycles. The zero-order valence-corrected chi connectivity index (χ0v) is 15.1. The molecule has 1 N–H and O–H groups in total. The molecule has 0 aliphatic carbocycles. The number of aryl methyl sites for hydroxylation is 2. The van der Waals surface area contributed by atoms with E-state index >= 15 is 0 Å². The van der Waals surface area contributed by atoms with Crippen LogP contribution in [0.5, 0.6) is 0 Å². The Morgan fingerprint density at radius 1 is 1.11 bits per heavy atom. The van der Waals surface area contributed by atoms with Crippen LogP contribution in [-0.4, -0.2) is 19.7 Å². The monoisotopic (exact) mass is 354 g/mol. The first-order chi connectivity index (χ1) is 13.1. The highest BCUT2D eigenvalue weighted by molar-refractivity contribution is 5.91. The molecule has 3 aromatic heterocycles. The lowest BCUT2D eigenvalue weighted by molar-refractivity contribution is 0.804. The standard InChI is InChI=1S/C21H18N6/c1-14-9-15(2)27(26-14)21-8-7-16(13-24-21)12-23-20-10-17(11-22)25-19-6-4-3-5-18(19)20/h3-10,13H,12H2,1-2H3,(H,23,25). The third-order valence-electron chi connectivity index (χ3n) is 4.35. The topological polar surface area (TPSA) is 79.4 Å². The van der Waals surface area contributed by atoms with Crippen molar-refractivity contribution in [2.45, 2.75) is 20.4 Å². The van der Waals surface area contributed by atoms with Gasteiger partial charge in [-0.1, -0.05) is 24.3 Å². The summed E-state index contributed by atoms with van der Waals surface area (Å²) in [5.41, 5.74) is 5.15. The quantitative estimate of drug-likeness (QED) is 0.601. The number of benzene rings is 1. The number of aromatic nitrogens is 4. The van der Waals surface area contributed by atoms with Gasteiger partial charge in [-0.05, 0) is 43.7 Å². The Bertz CT molecular complexity index is 1150. The largest absolute Gasteiger partial charge is 0.380 e. The van der Waals surface area contributed by atoms with Gasteiger partial charge in [-0.2, -0.15) is 10.4 Å². The van der Waals surface area contributed by atoms with Crippen molar-refractivity contribution in [3.63, 3.8) is 0 Å². The summed E-state index contributed by atoms with van der Waals surface area (Å²) in [5, 5.41) is 18.1. The fraction of sp³-hybridized carbons (Fsp3) is 0.143. The van der Waals surface area contributed by atoms with Crippen LogP contribution >= 0.6 is 0 Å². The van der Waals surface area contributed by atoms with E-state index in [1.54, 1.807) is 6.07 Å². The van der Waals surface area contributed by atoms with Crippen molar-refractivity contribution in [1.29, 1.82) is 5.26 Å². The predicted molar refractivity (Wildman–Crippen MR) is 105 cm³/mol. The molecule has 0 radical (unpaired) electrons. The molecule has 0 spiro atoms. The first-order valence-electron chi connectivity index (χ1n) is 8.66. The summed E-state index contributed by atoms with van der Waals surface area (Å²) in [4.78, 5) is 8.87. The van der Waals surface area contributed by atoms with Crippen LogP contribution in [-0.2, 0) is 6.54 Å². The highest BCUT2D eigenvalue weighted by Crippen LogP contribution is 2.23. The van der Waals surface area contributed by atoms with Gasteiger partial charge in [0.25, 0.3) is 0 Å². The van der Waals surface area contributed by atoms with E-state index in [1.165, 1.54) is 0 Å². The average Bonchev–Trinajstić information content (AvgIpc) is 3.04. The molecule has 0 atom stereocenters. The van der Waals surface area contributed by atoms with Crippen LogP contribution in [0.2, 0.25) is 0 Å². The van der Waals surface area contributed by atoms with Crippen molar-refractivity contribution in [1.82, 2.24) is 19.7 Å². The third kappa shape index (κ3) is 3.35. The van der Waals surface area contributed by atoms with Gasteiger partial charge < -0.3 is 5.32 Å². The Balaban J connectivity index is 1.57. The minimum Gasteiger partial charge on any atom is -0.380 e. The second kappa shape index (κ2) is 6.89. The third-order valence-corrected chi connectivity index (χ3v) is 4.35. The number of nitrogens with one attached hydrogen (secondary N) is 1. The summed E-state index contributed by atoms with van der Waals surface area (Å²) in [6.45, 7) is 4.58. The maximum atomic E-state index is 9.21. The lowest BCUT2D eigenvalue weighted by Gasteiger charge is -2.11. The summed E-state index contributed by atoms with van der Waals surface area (Å²) in [6.07, 6.45) is 1.84. The molecule has 6 heteroatoms. The lowest BCUT2D eigenvalue weighted by Crippen LogP contribution is -2.05. The van der Waals surface area contributed by atoms with Crippen LogP contribution in [0.25, 0.3) is 16.7 Å². The van der Waals surface area contributed by atoms with Gasteiger partial charge in [0.05, 0.1) is 11.2 Å². The number of nitrogens with zero attached hydrogens (tertiary/aromatic N) is 5. The number of rotatable bonds is 4. The van der Waals surface area contributed by atoms with E-state index in [4.69, 9.17) is 0 Å². The van der Waals surface area contributed by atoms with Crippen LogP contribution in [0.1, 0.15) is 22.6 Å². The van der Waals surface area contributed by atoms with Crippen molar-refractivity contribution in [2.75, 3.05) is 5.32 Å². The molecule has 0 saturated carbocycles. The number of para-hydroxylation sites is 1. The van der Waals surface area contributed by atoms with Crippen molar-refractivity contribution >= 4 is 16.6 Å². The van der Waals surface area contributed by atoms with Gasteiger partial charge in [-0.3, -0.25) is 0 Å². The van der Waals surface area contributed by atoms with Gasteiger partial charge in [0, 0.05) is 29.5 Å². The van der Waals surface area contributed by atoms with Gasteiger partial charge in [0.15, 0.2) is 5.82 Å². The normalized spacial score (nSPS) is 10.7. The van der Waals surface area contributed by atoms with E-state index in [1.807, 2.05) is 67.2 Å². The zero-order valence-electron chi connectivity index (χ0n) is 15.1. The van der Waals surface area contributed by atoms with Gasteiger partial charge in [0.1, 0.15) is 11.8 Å². The molecular weight excluding hydrogens is 336 g/mol. The molecule has 0 fully saturated rings. The van der Waals surface area contributed by atoms with Crippen LogP contribution in [0.15, 0.2) is 54.7 Å². The summed E-state index contributed by atoms with van der Waals surface area (Å²) in [6, 6.07) is 17.7. The van der Waals surface area contributed by atoms with Crippen LogP contribution in [0.3, 0.4) is 0 Å². The van der Waals surface area contributed by atoms with Crippen molar-refractivity contribution in [3.05, 3.63) is 77.4 Å². The molecule has 4 rings (SSSR count). The molecule has 1 aromatic carbocycles. The second-order valence-corrected chi connectivity index (χ2v) is 6.40. The maximum Gasteiger partial charge on any atom is 0.153 e. The van der Waals surface area contributed by atoms with Gasteiger partial charge in [-0.25, -0.2) is 14.6 Å². The molecule has 132 valence electrons. The molecule has 0 saturated heterocycles. The highest BCUT2D eigenvalue weighted by Gasteiger charge is 2.07. The van der Waals surface area contributed by atoms with E-state index in [0.717, 1.165) is 39.4 Å². The van der Waals surface area contributed by atoms with Gasteiger partial charge >= 0.3 is 0 Å². The Labute approximate surface area is 157 Å². The van der Waals surface area contributed by atoms with E-state index in [0.29, 0.717) is 12.2 Å². The Hall–Kier alpha value is -3.72. The second-order valence-electron chi connectivity index (χ2n) is 6.40. The summed E-state index contributed by atoms with van der Waals surface area (Å²) < 4.78 is 1.84. The number of pyridine rings is 2. The summed E-state index contributed by atoms with van der Waals surface area (Å²) in [7, 11) is 0. The molecule has 0 amide bonds. The number of hydrogen-bond acceptors (Lipinski definition) is 5. The molecule has 0 bridgehead atoms. The minimum absolute atomic E-state index is 0.397. The summed E-state index contributed by atoms with van der Waals surface area (Å²) in [5.74, 6) is 0.797. The zero-order chi connectivity index (χ0) is 18.8. The predicted octanol–water partition coefficient (Wildman–Crippen LogP) is 3.92. The van der Waals surface area contributed by atoms with E-state index in [2.05, 4.69) is 26.5 Å². The molecule has 0 aliphatic rings. The molecule has 3 heterocycles. The Kier molecular flexibility index (Phi) is 4.27. The van der Waals surface area contributed by atoms with Gasteiger partial charge in [-0.15, -0.1) is 0 Å².